The van der Waals surface area contributed by atoms with Crippen LogP contribution in [0.2, 0.25) is 0 Å². The Morgan fingerprint density at radius 3 is 2.83 bits per heavy atom. The molecule has 1 aliphatic rings. The molecule has 10 heteroatoms. The van der Waals surface area contributed by atoms with Crippen LogP contribution in [0, 0.1) is 6.92 Å². The smallest absolute Gasteiger partial charge is 0.349 e. The Morgan fingerprint density at radius 1 is 1.29 bits per heavy atom. The third-order valence-electron chi connectivity index (χ3n) is 4.13. The lowest BCUT2D eigenvalue weighted by Gasteiger charge is -2.26. The third kappa shape index (κ3) is 2.38. The molecule has 0 spiro atoms. The van der Waals surface area contributed by atoms with Gasteiger partial charge < -0.3 is 4.90 Å². The van der Waals surface area contributed by atoms with Gasteiger partial charge in [-0.2, -0.15) is 27.8 Å². The summed E-state index contributed by atoms with van der Waals surface area (Å²) in [5, 5.41) is 10.4. The third-order valence-corrected chi connectivity index (χ3v) is 4.13. The molecule has 24 heavy (non-hydrogen) atoms. The zero-order chi connectivity index (χ0) is 16.9. The van der Waals surface area contributed by atoms with Crippen molar-refractivity contribution in [1.82, 2.24) is 29.8 Å². The number of alkyl halides is 3. The number of nitrogens with zero attached hydrogens (tertiary/aromatic N) is 6. The van der Waals surface area contributed by atoms with E-state index in [9.17, 15) is 13.2 Å². The number of halogens is 3. The van der Waals surface area contributed by atoms with Crippen LogP contribution < -0.4 is 4.90 Å². The molecule has 3 aromatic rings. The van der Waals surface area contributed by atoms with Crippen molar-refractivity contribution in [2.24, 2.45) is 0 Å². The predicted octanol–water partition coefficient (Wildman–Crippen LogP) is 2.52. The number of H-pyrrole nitrogens is 1. The molecule has 0 aromatic carbocycles. The maximum atomic E-state index is 12.9. The molecule has 4 heterocycles. The fourth-order valence-electron chi connectivity index (χ4n) is 3.12. The van der Waals surface area contributed by atoms with Crippen LogP contribution in [-0.4, -0.2) is 36.3 Å². The lowest BCUT2D eigenvalue weighted by Crippen LogP contribution is -2.25. The molecule has 0 unspecified atom stereocenters. The summed E-state index contributed by atoms with van der Waals surface area (Å²) in [5.41, 5.74) is 1.59. The number of aromatic amines is 1. The van der Waals surface area contributed by atoms with Gasteiger partial charge in [-0.05, 0) is 19.8 Å². The van der Waals surface area contributed by atoms with E-state index in [0.717, 1.165) is 24.9 Å². The zero-order valence-corrected chi connectivity index (χ0v) is 12.7. The molecule has 1 aliphatic heterocycles. The number of hydrogen-bond acceptors (Lipinski definition) is 5. The molecule has 4 rings (SSSR count). The second-order valence-electron chi connectivity index (χ2n) is 5.78. The van der Waals surface area contributed by atoms with Gasteiger partial charge in [0.25, 0.3) is 11.6 Å². The van der Waals surface area contributed by atoms with Crippen LogP contribution in [0.4, 0.5) is 19.0 Å². The topological polar surface area (TPSA) is 75.0 Å². The van der Waals surface area contributed by atoms with Crippen LogP contribution in [0.5, 0.6) is 0 Å². The lowest BCUT2D eigenvalue weighted by atomic mass is 10.1. The van der Waals surface area contributed by atoms with Crippen LogP contribution >= 0.6 is 0 Å². The average Bonchev–Trinajstić information content (AvgIpc) is 3.24. The molecule has 1 atom stereocenters. The summed E-state index contributed by atoms with van der Waals surface area (Å²) >= 11 is 0. The Balaban J connectivity index is 1.85. The number of anilines is 1. The molecule has 0 bridgehead atoms. The van der Waals surface area contributed by atoms with E-state index in [1.54, 1.807) is 25.4 Å². The average molecular weight is 337 g/mol. The first kappa shape index (κ1) is 14.9. The minimum absolute atomic E-state index is 0.0345. The van der Waals surface area contributed by atoms with E-state index >= 15 is 0 Å². The Bertz CT molecular complexity index is 869. The van der Waals surface area contributed by atoms with Crippen LogP contribution in [0.3, 0.4) is 0 Å². The van der Waals surface area contributed by atoms with Crippen molar-refractivity contribution in [3.63, 3.8) is 0 Å². The highest BCUT2D eigenvalue weighted by molar-refractivity contribution is 5.50. The number of hydrogen-bond donors (Lipinski definition) is 1. The molecule has 0 aliphatic carbocycles. The van der Waals surface area contributed by atoms with Crippen LogP contribution in [0.1, 0.15) is 36.0 Å². The minimum atomic E-state index is -4.60. The van der Waals surface area contributed by atoms with Crippen molar-refractivity contribution in [3.8, 4) is 0 Å². The highest BCUT2D eigenvalue weighted by Crippen LogP contribution is 2.36. The first-order valence-electron chi connectivity index (χ1n) is 7.50. The van der Waals surface area contributed by atoms with Crippen molar-refractivity contribution in [2.75, 3.05) is 11.4 Å². The van der Waals surface area contributed by atoms with E-state index in [4.69, 9.17) is 0 Å². The first-order valence-corrected chi connectivity index (χ1v) is 7.50. The molecular formula is C14H14F3N7. The van der Waals surface area contributed by atoms with E-state index in [2.05, 4.69) is 25.3 Å². The first-order chi connectivity index (χ1) is 11.4. The van der Waals surface area contributed by atoms with E-state index in [1.807, 2.05) is 4.90 Å². The largest absolute Gasteiger partial charge is 0.453 e. The van der Waals surface area contributed by atoms with Gasteiger partial charge in [0.15, 0.2) is 0 Å². The second-order valence-corrected chi connectivity index (χ2v) is 5.78. The van der Waals surface area contributed by atoms with E-state index in [0.29, 0.717) is 11.5 Å². The van der Waals surface area contributed by atoms with Crippen molar-refractivity contribution >= 4 is 11.6 Å². The monoisotopic (exact) mass is 337 g/mol. The summed E-state index contributed by atoms with van der Waals surface area (Å²) in [5.74, 6) is -0.666. The summed E-state index contributed by atoms with van der Waals surface area (Å²) in [4.78, 5) is 9.64. The van der Waals surface area contributed by atoms with E-state index in [1.165, 1.54) is 4.52 Å². The number of fused-ring (bicyclic) bond motifs is 1. The summed E-state index contributed by atoms with van der Waals surface area (Å²) in [6.45, 7) is 2.45. The maximum absolute atomic E-state index is 12.9. The Hall–Kier alpha value is -2.65. The fourth-order valence-corrected chi connectivity index (χ4v) is 3.12. The van der Waals surface area contributed by atoms with Crippen molar-refractivity contribution < 1.29 is 13.2 Å². The molecule has 1 saturated heterocycles. The van der Waals surface area contributed by atoms with Gasteiger partial charge in [0.2, 0.25) is 0 Å². The SMILES string of the molecule is Cc1cc(N2CCC[C@H]2c2cn[nH]c2)n2nc(C(F)(F)F)nc2n1. The predicted molar refractivity (Wildman–Crippen MR) is 78.4 cm³/mol. The number of rotatable bonds is 2. The van der Waals surface area contributed by atoms with E-state index in [-0.39, 0.29) is 11.8 Å². The zero-order valence-electron chi connectivity index (χ0n) is 12.7. The van der Waals surface area contributed by atoms with Gasteiger partial charge in [-0.1, -0.05) is 0 Å². The van der Waals surface area contributed by atoms with Crippen LogP contribution in [-0.2, 0) is 6.18 Å². The summed E-state index contributed by atoms with van der Waals surface area (Å²) in [6.07, 6.45) is 0.754. The summed E-state index contributed by atoms with van der Waals surface area (Å²) < 4.78 is 40.0. The molecule has 3 aromatic heterocycles. The second kappa shape index (κ2) is 5.18. The van der Waals surface area contributed by atoms with E-state index < -0.39 is 12.0 Å². The lowest BCUT2D eigenvalue weighted by molar-refractivity contribution is -0.144. The fraction of sp³-hybridized carbons (Fsp3) is 0.429. The highest BCUT2D eigenvalue weighted by atomic mass is 19.4. The van der Waals surface area contributed by atoms with Crippen LogP contribution in [0.25, 0.3) is 5.78 Å². The highest BCUT2D eigenvalue weighted by Gasteiger charge is 2.37. The summed E-state index contributed by atoms with van der Waals surface area (Å²) in [7, 11) is 0. The van der Waals surface area contributed by atoms with Crippen molar-refractivity contribution in [2.45, 2.75) is 32.0 Å². The van der Waals surface area contributed by atoms with Gasteiger partial charge >= 0.3 is 6.18 Å². The summed E-state index contributed by atoms with van der Waals surface area (Å²) in [6, 6.07) is 1.77. The van der Waals surface area contributed by atoms with Crippen molar-refractivity contribution in [3.05, 3.63) is 35.5 Å². The normalized spacial score (nSPS) is 18.7. The number of nitrogens with one attached hydrogen (secondary N) is 1. The minimum Gasteiger partial charge on any atom is -0.349 e. The molecular weight excluding hydrogens is 323 g/mol. The maximum Gasteiger partial charge on any atom is 0.453 e. The molecule has 0 radical (unpaired) electrons. The number of aromatic nitrogens is 6. The Labute approximate surface area is 134 Å². The Kier molecular flexibility index (Phi) is 3.22. The molecule has 0 saturated carbocycles. The van der Waals surface area contributed by atoms with Gasteiger partial charge in [0.05, 0.1) is 12.2 Å². The molecule has 126 valence electrons. The molecule has 7 nitrogen and oxygen atoms in total. The standard InChI is InChI=1S/C14H14F3N7/c1-8-5-11(23-4-2-3-10(23)9-6-18-19-7-9)24-13(20-8)21-12(22-24)14(15,16)17/h5-7,10H,2-4H2,1H3,(H,18,19)/t10-/m0/s1. The molecule has 1 fully saturated rings. The molecule has 0 amide bonds. The molecule has 1 N–H and O–H groups in total. The van der Waals surface area contributed by atoms with Gasteiger partial charge in [-0.3, -0.25) is 5.10 Å². The van der Waals surface area contributed by atoms with Crippen molar-refractivity contribution in [1.29, 1.82) is 0 Å². The quantitative estimate of drug-likeness (QED) is 0.778. The van der Waals surface area contributed by atoms with Gasteiger partial charge in [-0.25, -0.2) is 4.98 Å². The number of aryl methyl sites for hydroxylation is 1. The Morgan fingerprint density at radius 2 is 2.12 bits per heavy atom. The van der Waals surface area contributed by atoms with Gasteiger partial charge in [0, 0.05) is 30.1 Å². The van der Waals surface area contributed by atoms with Gasteiger partial charge in [-0.15, -0.1) is 5.10 Å². The van der Waals surface area contributed by atoms with Crippen LogP contribution in [0.15, 0.2) is 18.5 Å². The van der Waals surface area contributed by atoms with Gasteiger partial charge in [0.1, 0.15) is 5.82 Å².